The van der Waals surface area contributed by atoms with Crippen molar-refractivity contribution >= 4 is 47.2 Å². The highest BCUT2D eigenvalue weighted by Crippen LogP contribution is 2.23. The minimum Gasteiger partial charge on any atom is -0.337 e. The second-order valence-electron chi connectivity index (χ2n) is 6.01. The molecule has 0 spiro atoms. The van der Waals surface area contributed by atoms with Gasteiger partial charge < -0.3 is 15.2 Å². The fourth-order valence-corrected chi connectivity index (χ4v) is 3.96. The van der Waals surface area contributed by atoms with Crippen molar-refractivity contribution < 1.29 is 4.79 Å². The molecule has 1 atom stereocenters. The molecule has 1 aliphatic rings. The SMILES string of the molecule is CCc1nc(NC(=O)CN2CCNCC2c2nccn2C)sc1C.Cl.Cl. The van der Waals surface area contributed by atoms with Crippen molar-refractivity contribution in [3.05, 3.63) is 28.8 Å². The number of halogens is 2. The monoisotopic (exact) mass is 420 g/mol. The van der Waals surface area contributed by atoms with E-state index < -0.39 is 0 Å². The number of aromatic nitrogens is 3. The van der Waals surface area contributed by atoms with E-state index in [-0.39, 0.29) is 36.8 Å². The molecule has 0 bridgehead atoms. The molecule has 7 nitrogen and oxygen atoms in total. The van der Waals surface area contributed by atoms with E-state index in [1.807, 2.05) is 24.7 Å². The Balaban J connectivity index is 0.00000169. The molecule has 146 valence electrons. The number of thiazole rings is 1. The molecule has 1 amide bonds. The minimum atomic E-state index is -0.0208. The third-order valence-electron chi connectivity index (χ3n) is 4.33. The van der Waals surface area contributed by atoms with Crippen molar-refractivity contribution in [3.63, 3.8) is 0 Å². The second-order valence-corrected chi connectivity index (χ2v) is 7.21. The average molecular weight is 421 g/mol. The van der Waals surface area contributed by atoms with E-state index in [0.29, 0.717) is 11.7 Å². The van der Waals surface area contributed by atoms with Crippen LogP contribution in [0.1, 0.15) is 29.4 Å². The van der Waals surface area contributed by atoms with Crippen molar-refractivity contribution in [3.8, 4) is 0 Å². The van der Waals surface area contributed by atoms with Crippen LogP contribution in [-0.4, -0.2) is 51.5 Å². The lowest BCUT2D eigenvalue weighted by molar-refractivity contribution is -0.118. The number of carbonyl (C=O) groups excluding carboxylic acids is 1. The van der Waals surface area contributed by atoms with E-state index in [9.17, 15) is 4.79 Å². The van der Waals surface area contributed by atoms with Gasteiger partial charge in [0.1, 0.15) is 5.82 Å². The first-order valence-corrected chi connectivity index (χ1v) is 9.08. The van der Waals surface area contributed by atoms with Crippen molar-refractivity contribution in [1.29, 1.82) is 0 Å². The van der Waals surface area contributed by atoms with Crippen LogP contribution in [0.25, 0.3) is 0 Å². The molecule has 0 radical (unpaired) electrons. The molecule has 26 heavy (non-hydrogen) atoms. The van der Waals surface area contributed by atoms with Crippen LogP contribution in [0.4, 0.5) is 5.13 Å². The lowest BCUT2D eigenvalue weighted by Crippen LogP contribution is -2.49. The Morgan fingerprint density at radius 2 is 2.23 bits per heavy atom. The normalized spacial score (nSPS) is 17.3. The predicted molar refractivity (Wildman–Crippen MR) is 110 cm³/mol. The van der Waals surface area contributed by atoms with Gasteiger partial charge in [-0.25, -0.2) is 9.97 Å². The Hall–Kier alpha value is -1.19. The van der Waals surface area contributed by atoms with Gasteiger partial charge in [0.15, 0.2) is 5.13 Å². The van der Waals surface area contributed by atoms with Gasteiger partial charge in [0.25, 0.3) is 0 Å². The molecule has 0 saturated carbocycles. The molecular weight excluding hydrogens is 395 g/mol. The van der Waals surface area contributed by atoms with Crippen LogP contribution in [0.2, 0.25) is 0 Å². The lowest BCUT2D eigenvalue weighted by Gasteiger charge is -2.35. The largest absolute Gasteiger partial charge is 0.337 e. The molecular formula is C16H26Cl2N6OS. The number of nitrogens with zero attached hydrogens (tertiary/aromatic N) is 4. The molecule has 2 aromatic heterocycles. The van der Waals surface area contributed by atoms with Crippen molar-refractivity contribution in [1.82, 2.24) is 24.8 Å². The van der Waals surface area contributed by atoms with Gasteiger partial charge in [0.05, 0.1) is 18.3 Å². The number of aryl methyl sites for hydroxylation is 3. The van der Waals surface area contributed by atoms with Gasteiger partial charge in [0.2, 0.25) is 5.91 Å². The van der Waals surface area contributed by atoms with Crippen LogP contribution in [-0.2, 0) is 18.3 Å². The quantitative estimate of drug-likeness (QED) is 0.774. The zero-order chi connectivity index (χ0) is 17.1. The minimum absolute atomic E-state index is 0. The number of carbonyl (C=O) groups is 1. The highest BCUT2D eigenvalue weighted by atomic mass is 35.5. The number of hydrogen-bond acceptors (Lipinski definition) is 6. The number of nitrogens with one attached hydrogen (secondary N) is 2. The molecule has 3 heterocycles. The summed E-state index contributed by atoms with van der Waals surface area (Å²) < 4.78 is 2.01. The third kappa shape index (κ3) is 5.17. The van der Waals surface area contributed by atoms with Crippen LogP contribution in [0, 0.1) is 6.92 Å². The maximum Gasteiger partial charge on any atom is 0.240 e. The highest BCUT2D eigenvalue weighted by Gasteiger charge is 2.28. The van der Waals surface area contributed by atoms with Gasteiger partial charge in [-0.1, -0.05) is 6.92 Å². The Kier molecular flexibility index (Phi) is 8.99. The van der Waals surface area contributed by atoms with Crippen molar-refractivity contribution in [2.24, 2.45) is 7.05 Å². The lowest BCUT2D eigenvalue weighted by atomic mass is 10.1. The molecule has 1 saturated heterocycles. The zero-order valence-corrected chi connectivity index (χ0v) is 17.6. The van der Waals surface area contributed by atoms with Crippen LogP contribution in [0.5, 0.6) is 0 Å². The predicted octanol–water partition coefficient (Wildman–Crippen LogP) is 2.18. The summed E-state index contributed by atoms with van der Waals surface area (Å²) in [6, 6.07) is 0.105. The van der Waals surface area contributed by atoms with E-state index in [0.717, 1.165) is 37.6 Å². The Morgan fingerprint density at radius 3 is 2.85 bits per heavy atom. The van der Waals surface area contributed by atoms with E-state index in [4.69, 9.17) is 0 Å². The summed E-state index contributed by atoms with van der Waals surface area (Å²) in [7, 11) is 1.99. The molecule has 10 heteroatoms. The number of amides is 1. The van der Waals surface area contributed by atoms with Gasteiger partial charge in [-0.05, 0) is 13.3 Å². The van der Waals surface area contributed by atoms with Gasteiger partial charge in [0, 0.05) is 44.0 Å². The van der Waals surface area contributed by atoms with Gasteiger partial charge in [-0.3, -0.25) is 9.69 Å². The fourth-order valence-electron chi connectivity index (χ4n) is 3.04. The van der Waals surface area contributed by atoms with E-state index in [1.54, 1.807) is 6.20 Å². The maximum absolute atomic E-state index is 12.5. The standard InChI is InChI=1S/C16H24N6OS.2ClH/c1-4-12-11(2)24-16(19-12)20-14(23)10-22-8-5-17-9-13(22)15-18-6-7-21(15)3;;/h6-7,13,17H,4-5,8-10H2,1-3H3,(H,19,20,23);2*1H. The molecule has 2 aromatic rings. The van der Waals surface area contributed by atoms with Crippen LogP contribution in [0.3, 0.4) is 0 Å². The summed E-state index contributed by atoms with van der Waals surface area (Å²) in [6.45, 7) is 6.96. The first-order valence-electron chi connectivity index (χ1n) is 8.26. The molecule has 1 unspecified atom stereocenters. The number of imidazole rings is 1. The topological polar surface area (TPSA) is 75.1 Å². The molecule has 3 rings (SSSR count). The van der Waals surface area contributed by atoms with Gasteiger partial charge in [-0.15, -0.1) is 36.2 Å². The number of hydrogen-bond donors (Lipinski definition) is 2. The summed E-state index contributed by atoms with van der Waals surface area (Å²) in [5.41, 5.74) is 1.06. The van der Waals surface area contributed by atoms with Gasteiger partial charge >= 0.3 is 0 Å². The maximum atomic E-state index is 12.5. The molecule has 0 aliphatic carbocycles. The Bertz CT molecular complexity index is 719. The number of piperazine rings is 1. The van der Waals surface area contributed by atoms with E-state index in [1.165, 1.54) is 16.2 Å². The fraction of sp³-hybridized carbons (Fsp3) is 0.562. The summed E-state index contributed by atoms with van der Waals surface area (Å²) in [4.78, 5) is 24.7. The third-order valence-corrected chi connectivity index (χ3v) is 5.26. The average Bonchev–Trinajstić information content (AvgIpc) is 3.13. The van der Waals surface area contributed by atoms with Gasteiger partial charge in [-0.2, -0.15) is 0 Å². The van der Waals surface area contributed by atoms with E-state index >= 15 is 0 Å². The summed E-state index contributed by atoms with van der Waals surface area (Å²) >= 11 is 1.54. The second kappa shape index (κ2) is 10.2. The van der Waals surface area contributed by atoms with Crippen LogP contribution >= 0.6 is 36.2 Å². The van der Waals surface area contributed by atoms with Crippen molar-refractivity contribution in [2.45, 2.75) is 26.3 Å². The molecule has 1 fully saturated rings. The number of anilines is 1. The Labute approximate surface area is 170 Å². The zero-order valence-electron chi connectivity index (χ0n) is 15.2. The first-order chi connectivity index (χ1) is 11.6. The first kappa shape index (κ1) is 22.9. The van der Waals surface area contributed by atoms with Crippen LogP contribution in [0.15, 0.2) is 12.4 Å². The summed E-state index contributed by atoms with van der Waals surface area (Å²) in [5, 5.41) is 7.02. The smallest absolute Gasteiger partial charge is 0.240 e. The van der Waals surface area contributed by atoms with Crippen LogP contribution < -0.4 is 10.6 Å². The van der Waals surface area contributed by atoms with E-state index in [2.05, 4.69) is 32.4 Å². The molecule has 2 N–H and O–H groups in total. The van der Waals surface area contributed by atoms with Crippen molar-refractivity contribution in [2.75, 3.05) is 31.5 Å². The summed E-state index contributed by atoms with van der Waals surface area (Å²) in [6.07, 6.45) is 4.62. The number of rotatable bonds is 5. The summed E-state index contributed by atoms with van der Waals surface area (Å²) in [5.74, 6) is 0.959. The molecule has 0 aromatic carbocycles. The Morgan fingerprint density at radius 1 is 1.46 bits per heavy atom. The molecule has 1 aliphatic heterocycles. The highest BCUT2D eigenvalue weighted by molar-refractivity contribution is 7.15.